The highest BCUT2D eigenvalue weighted by Gasteiger charge is 2.41. The van der Waals surface area contributed by atoms with Crippen molar-refractivity contribution >= 4 is 11.3 Å². The number of hydrogen-bond donors (Lipinski definition) is 0. The van der Waals surface area contributed by atoms with E-state index in [4.69, 9.17) is 11.2 Å². The van der Waals surface area contributed by atoms with Gasteiger partial charge in [0.05, 0.1) is 18.8 Å². The Bertz CT molecular complexity index is 492. The molecule has 0 amide bonds. The molecule has 0 radical (unpaired) electrons. The molecule has 2 nitrogen and oxygen atoms in total. The molecule has 0 saturated carbocycles. The summed E-state index contributed by atoms with van der Waals surface area (Å²) in [5, 5.41) is 0. The summed E-state index contributed by atoms with van der Waals surface area (Å²) in [6.45, 7) is 10.0. The maximum absolute atomic E-state index is 6.25. The number of terminal acetylenes is 1. The number of rotatable bonds is 2. The van der Waals surface area contributed by atoms with Crippen LogP contribution in [0.4, 0.5) is 0 Å². The Morgan fingerprint density at radius 2 is 2.10 bits per heavy atom. The van der Waals surface area contributed by atoms with Crippen LogP contribution in [-0.2, 0) is 23.2 Å². The fraction of sp³-hybridized carbons (Fsp3) is 0.667. The second kappa shape index (κ2) is 7.45. The van der Waals surface area contributed by atoms with E-state index in [9.17, 15) is 0 Å². The highest BCUT2D eigenvalue weighted by atomic mass is 32.1. The fourth-order valence-electron chi connectivity index (χ4n) is 3.26. The molecule has 1 fully saturated rings. The Morgan fingerprint density at radius 3 is 2.71 bits per heavy atom. The molecule has 0 aliphatic carbocycles. The van der Waals surface area contributed by atoms with E-state index in [-0.39, 0.29) is 5.60 Å². The topological polar surface area (TPSA) is 12.5 Å². The van der Waals surface area contributed by atoms with Crippen LogP contribution in [0, 0.1) is 12.3 Å². The molecule has 1 aromatic rings. The Labute approximate surface area is 133 Å². The van der Waals surface area contributed by atoms with E-state index in [1.54, 1.807) is 4.88 Å². The summed E-state index contributed by atoms with van der Waals surface area (Å²) < 4.78 is 6.25. The van der Waals surface area contributed by atoms with Gasteiger partial charge in [0, 0.05) is 29.3 Å². The molecular formula is C18H27NOS. The van der Waals surface area contributed by atoms with Crippen molar-refractivity contribution in [3.8, 4) is 12.3 Å². The maximum Gasteiger partial charge on any atom is 0.0966 e. The van der Waals surface area contributed by atoms with Crippen molar-refractivity contribution in [3.63, 3.8) is 0 Å². The van der Waals surface area contributed by atoms with Crippen LogP contribution in [0.15, 0.2) is 6.07 Å². The van der Waals surface area contributed by atoms with Crippen LogP contribution in [-0.4, -0.2) is 31.1 Å². The number of thiophene rings is 1. The van der Waals surface area contributed by atoms with E-state index >= 15 is 0 Å². The number of hydrogen-bond acceptors (Lipinski definition) is 3. The summed E-state index contributed by atoms with van der Waals surface area (Å²) in [5.41, 5.74) is 1.48. The summed E-state index contributed by atoms with van der Waals surface area (Å²) in [4.78, 5) is 5.42. The molecular weight excluding hydrogens is 278 g/mol. The number of fused-ring (bicyclic) bond motifs is 2. The van der Waals surface area contributed by atoms with Gasteiger partial charge in [-0.05, 0) is 30.9 Å². The Morgan fingerprint density at radius 1 is 1.38 bits per heavy atom. The Kier molecular flexibility index (Phi) is 5.87. The van der Waals surface area contributed by atoms with Gasteiger partial charge in [-0.2, -0.15) is 0 Å². The lowest BCUT2D eigenvalue weighted by atomic mass is 9.82. The summed E-state index contributed by atoms with van der Waals surface area (Å²) in [5.74, 6) is 2.75. The van der Waals surface area contributed by atoms with Gasteiger partial charge in [0.2, 0.25) is 0 Å². The molecule has 3 heterocycles. The first-order valence-electron chi connectivity index (χ1n) is 8.19. The molecule has 0 N–H and O–H groups in total. The number of piperidine rings is 1. The van der Waals surface area contributed by atoms with E-state index in [0.29, 0.717) is 0 Å². The molecule has 0 bridgehead atoms. The van der Waals surface area contributed by atoms with Crippen LogP contribution >= 0.6 is 11.3 Å². The van der Waals surface area contributed by atoms with Gasteiger partial charge < -0.3 is 4.74 Å². The van der Waals surface area contributed by atoms with Gasteiger partial charge in [0.25, 0.3) is 0 Å². The molecule has 0 atom stereocenters. The summed E-state index contributed by atoms with van der Waals surface area (Å²) >= 11 is 1.99. The first-order valence-corrected chi connectivity index (χ1v) is 9.01. The van der Waals surface area contributed by atoms with Crippen molar-refractivity contribution in [1.82, 2.24) is 4.90 Å². The number of likely N-dealkylation sites (tertiary alicyclic amines) is 1. The van der Waals surface area contributed by atoms with Gasteiger partial charge in [-0.25, -0.2) is 0 Å². The standard InChI is InChI=1S/C16H21NOS.C2H6/c1-3-8-17-9-6-16(7-10-17)14-12-13(4-2)19-15(14)5-11-18-16;1-2/h1,12H,4-11H2,2H3;1-2H3. The van der Waals surface area contributed by atoms with Gasteiger partial charge in [-0.3, -0.25) is 4.90 Å². The number of nitrogens with zero attached hydrogens (tertiary/aromatic N) is 1. The van der Waals surface area contributed by atoms with E-state index < -0.39 is 0 Å². The predicted molar refractivity (Wildman–Crippen MR) is 90.9 cm³/mol. The minimum absolute atomic E-state index is 0.0113. The zero-order valence-electron chi connectivity index (χ0n) is 13.6. The molecule has 1 saturated heterocycles. The number of aryl methyl sites for hydroxylation is 1. The first kappa shape index (κ1) is 16.5. The average molecular weight is 305 g/mol. The van der Waals surface area contributed by atoms with Crippen LogP contribution in [0.1, 0.15) is 48.9 Å². The maximum atomic E-state index is 6.25. The van der Waals surface area contributed by atoms with E-state index in [0.717, 1.165) is 51.9 Å². The molecule has 3 rings (SSSR count). The van der Waals surface area contributed by atoms with Crippen molar-refractivity contribution < 1.29 is 4.74 Å². The van der Waals surface area contributed by atoms with Crippen molar-refractivity contribution in [2.24, 2.45) is 0 Å². The Balaban J connectivity index is 0.000000774. The van der Waals surface area contributed by atoms with Crippen molar-refractivity contribution in [3.05, 3.63) is 21.4 Å². The third-order valence-corrected chi connectivity index (χ3v) is 5.72. The highest BCUT2D eigenvalue weighted by molar-refractivity contribution is 7.12. The van der Waals surface area contributed by atoms with Crippen molar-refractivity contribution in [2.45, 2.75) is 52.1 Å². The van der Waals surface area contributed by atoms with Crippen LogP contribution < -0.4 is 0 Å². The largest absolute Gasteiger partial charge is 0.370 e. The quantitative estimate of drug-likeness (QED) is 0.770. The zero-order chi connectivity index (χ0) is 15.3. The van der Waals surface area contributed by atoms with Crippen LogP contribution in [0.2, 0.25) is 0 Å². The van der Waals surface area contributed by atoms with Crippen LogP contribution in [0.5, 0.6) is 0 Å². The molecule has 1 aromatic heterocycles. The molecule has 2 aliphatic heterocycles. The summed E-state index contributed by atoms with van der Waals surface area (Å²) in [7, 11) is 0. The van der Waals surface area contributed by atoms with E-state index in [2.05, 4.69) is 23.8 Å². The second-order valence-electron chi connectivity index (χ2n) is 5.48. The molecule has 116 valence electrons. The van der Waals surface area contributed by atoms with E-state index in [1.807, 2.05) is 25.2 Å². The molecule has 3 heteroatoms. The minimum Gasteiger partial charge on any atom is -0.370 e. The van der Waals surface area contributed by atoms with Gasteiger partial charge in [-0.1, -0.05) is 26.7 Å². The third kappa shape index (κ3) is 3.34. The molecule has 21 heavy (non-hydrogen) atoms. The van der Waals surface area contributed by atoms with Gasteiger partial charge in [0.15, 0.2) is 0 Å². The van der Waals surface area contributed by atoms with Gasteiger partial charge in [0.1, 0.15) is 0 Å². The molecule has 0 aromatic carbocycles. The number of ether oxygens (including phenoxy) is 1. The van der Waals surface area contributed by atoms with Crippen LogP contribution in [0.3, 0.4) is 0 Å². The smallest absolute Gasteiger partial charge is 0.0966 e. The highest BCUT2D eigenvalue weighted by Crippen LogP contribution is 2.44. The molecule has 1 spiro atoms. The van der Waals surface area contributed by atoms with Crippen molar-refractivity contribution in [1.29, 1.82) is 0 Å². The van der Waals surface area contributed by atoms with Crippen molar-refractivity contribution in [2.75, 3.05) is 26.2 Å². The summed E-state index contributed by atoms with van der Waals surface area (Å²) in [6, 6.07) is 2.40. The summed E-state index contributed by atoms with van der Waals surface area (Å²) in [6.07, 6.45) is 9.80. The fourth-order valence-corrected chi connectivity index (χ4v) is 4.44. The molecule has 2 aliphatic rings. The van der Waals surface area contributed by atoms with Crippen LogP contribution in [0.25, 0.3) is 0 Å². The normalized spacial score (nSPS) is 20.3. The van der Waals surface area contributed by atoms with E-state index in [1.165, 1.54) is 10.4 Å². The SMILES string of the molecule is C#CCN1CCC2(CC1)OCCc1sc(CC)cc12.CC. The zero-order valence-corrected chi connectivity index (χ0v) is 14.4. The Hall–Kier alpha value is -0.820. The predicted octanol–water partition coefficient (Wildman–Crippen LogP) is 3.83. The molecule has 0 unspecified atom stereocenters. The lowest BCUT2D eigenvalue weighted by molar-refractivity contribution is -0.0956. The third-order valence-electron chi connectivity index (χ3n) is 4.39. The average Bonchev–Trinajstić information content (AvgIpc) is 2.97. The lowest BCUT2D eigenvalue weighted by Gasteiger charge is -2.43. The monoisotopic (exact) mass is 305 g/mol. The second-order valence-corrected chi connectivity index (χ2v) is 6.70. The van der Waals surface area contributed by atoms with Gasteiger partial charge in [-0.15, -0.1) is 17.8 Å². The van der Waals surface area contributed by atoms with Gasteiger partial charge >= 0.3 is 0 Å². The first-order chi connectivity index (χ1) is 10.3. The minimum atomic E-state index is -0.0113. The lowest BCUT2D eigenvalue weighted by Crippen LogP contribution is -2.46.